The van der Waals surface area contributed by atoms with Gasteiger partial charge in [-0.15, -0.1) is 0 Å². The van der Waals surface area contributed by atoms with Crippen LogP contribution in [0.1, 0.15) is 29.4 Å². The van der Waals surface area contributed by atoms with Gasteiger partial charge in [0.1, 0.15) is 11.7 Å². The summed E-state index contributed by atoms with van der Waals surface area (Å²) in [6.07, 6.45) is 1.72. The molecule has 1 unspecified atom stereocenters. The number of aliphatic carboxylic acids is 1. The van der Waals surface area contributed by atoms with Crippen LogP contribution >= 0.6 is 0 Å². The lowest BCUT2D eigenvalue weighted by molar-refractivity contribution is -0.138. The number of carbonyl (C=O) groups is 3. The molecule has 0 bridgehead atoms. The van der Waals surface area contributed by atoms with E-state index in [-0.39, 0.29) is 24.7 Å². The Morgan fingerprint density at radius 2 is 2.18 bits per heavy atom. The fourth-order valence-electron chi connectivity index (χ4n) is 1.98. The van der Waals surface area contributed by atoms with Crippen molar-refractivity contribution in [2.75, 3.05) is 7.05 Å². The van der Waals surface area contributed by atoms with Gasteiger partial charge in [-0.2, -0.15) is 0 Å². The molecule has 90 valence electrons. The van der Waals surface area contributed by atoms with Crippen molar-refractivity contribution < 1.29 is 19.5 Å². The summed E-state index contributed by atoms with van der Waals surface area (Å²) in [6, 6.07) is 2.70. The van der Waals surface area contributed by atoms with Gasteiger partial charge in [-0.25, -0.2) is 0 Å². The number of imide groups is 1. The van der Waals surface area contributed by atoms with Gasteiger partial charge in [-0.3, -0.25) is 19.3 Å². The van der Waals surface area contributed by atoms with Crippen molar-refractivity contribution in [3.8, 4) is 0 Å². The zero-order valence-corrected chi connectivity index (χ0v) is 9.29. The number of rotatable bonds is 3. The molecule has 2 heterocycles. The highest BCUT2D eigenvalue weighted by atomic mass is 16.4. The Morgan fingerprint density at radius 3 is 2.82 bits per heavy atom. The molecule has 1 N–H and O–H groups in total. The van der Waals surface area contributed by atoms with Crippen LogP contribution in [0.25, 0.3) is 0 Å². The van der Waals surface area contributed by atoms with E-state index in [4.69, 9.17) is 5.11 Å². The molecule has 0 spiro atoms. The molecule has 17 heavy (non-hydrogen) atoms. The van der Waals surface area contributed by atoms with E-state index in [0.29, 0.717) is 5.69 Å². The highest BCUT2D eigenvalue weighted by Crippen LogP contribution is 2.25. The van der Waals surface area contributed by atoms with Crippen molar-refractivity contribution >= 4 is 17.8 Å². The van der Waals surface area contributed by atoms with Gasteiger partial charge in [0.15, 0.2) is 0 Å². The minimum atomic E-state index is -0.953. The summed E-state index contributed by atoms with van der Waals surface area (Å²) in [4.78, 5) is 35.2. The molecular formula is C11H12N2O4. The first-order valence-electron chi connectivity index (χ1n) is 5.23. The second-order valence-corrected chi connectivity index (χ2v) is 3.95. The number of hydrogen-bond donors (Lipinski definition) is 1. The van der Waals surface area contributed by atoms with Gasteiger partial charge in [0, 0.05) is 19.7 Å². The number of fused-ring (bicyclic) bond motifs is 1. The van der Waals surface area contributed by atoms with E-state index in [1.807, 2.05) is 0 Å². The van der Waals surface area contributed by atoms with E-state index < -0.39 is 12.0 Å². The zero-order chi connectivity index (χ0) is 12.6. The lowest BCUT2D eigenvalue weighted by Gasteiger charge is -2.30. The second-order valence-electron chi connectivity index (χ2n) is 3.95. The van der Waals surface area contributed by atoms with Crippen molar-refractivity contribution in [3.63, 3.8) is 0 Å². The average molecular weight is 236 g/mol. The van der Waals surface area contributed by atoms with Gasteiger partial charge in [0.2, 0.25) is 0 Å². The quantitative estimate of drug-likeness (QED) is 0.775. The molecule has 1 atom stereocenters. The van der Waals surface area contributed by atoms with Crippen LogP contribution in [0.2, 0.25) is 0 Å². The molecule has 0 radical (unpaired) electrons. The number of aromatic nitrogens is 1. The number of carboxylic acids is 1. The van der Waals surface area contributed by atoms with E-state index in [1.165, 1.54) is 7.05 Å². The Labute approximate surface area is 97.4 Å². The van der Waals surface area contributed by atoms with Crippen molar-refractivity contribution in [1.82, 2.24) is 9.47 Å². The van der Waals surface area contributed by atoms with Crippen LogP contribution in [0.5, 0.6) is 0 Å². The predicted octanol–water partition coefficient (Wildman–Crippen LogP) is 0.506. The van der Waals surface area contributed by atoms with Gasteiger partial charge in [0.25, 0.3) is 11.8 Å². The Balaban J connectivity index is 2.32. The van der Waals surface area contributed by atoms with Crippen LogP contribution in [-0.4, -0.2) is 39.4 Å². The molecule has 6 heteroatoms. The maximum Gasteiger partial charge on any atom is 0.303 e. The van der Waals surface area contributed by atoms with E-state index >= 15 is 0 Å². The molecule has 6 nitrogen and oxygen atoms in total. The molecule has 1 aliphatic rings. The summed E-state index contributed by atoms with van der Waals surface area (Å²) in [5.41, 5.74) is 0.419. The Morgan fingerprint density at radius 1 is 1.47 bits per heavy atom. The molecule has 1 aliphatic heterocycles. The summed E-state index contributed by atoms with van der Waals surface area (Å²) in [5.74, 6) is -1.67. The third-order valence-corrected chi connectivity index (χ3v) is 2.89. The first-order valence-corrected chi connectivity index (χ1v) is 5.23. The van der Waals surface area contributed by atoms with Gasteiger partial charge in [-0.05, 0) is 18.6 Å². The number of nitrogens with zero attached hydrogens (tertiary/aromatic N) is 2. The van der Waals surface area contributed by atoms with E-state index in [2.05, 4.69) is 0 Å². The number of carboxylic acid groups (broad SMARTS) is 1. The smallest absolute Gasteiger partial charge is 0.303 e. The molecule has 2 amide bonds. The molecule has 0 aliphatic carbocycles. The Hall–Kier alpha value is -2.11. The summed E-state index contributed by atoms with van der Waals surface area (Å²) >= 11 is 0. The maximum atomic E-state index is 11.9. The Kier molecular flexibility index (Phi) is 2.71. The summed E-state index contributed by atoms with van der Waals surface area (Å²) in [6.45, 7) is 0. The van der Waals surface area contributed by atoms with Crippen molar-refractivity contribution in [3.05, 3.63) is 24.0 Å². The van der Waals surface area contributed by atoms with Gasteiger partial charge in [0.05, 0.1) is 0 Å². The normalized spacial score (nSPS) is 19.4. The molecule has 2 rings (SSSR count). The lowest BCUT2D eigenvalue weighted by atomic mass is 10.1. The second kappa shape index (κ2) is 4.04. The zero-order valence-electron chi connectivity index (χ0n) is 9.29. The fraction of sp³-hybridized carbons (Fsp3) is 0.364. The lowest BCUT2D eigenvalue weighted by Crippen LogP contribution is -2.45. The topological polar surface area (TPSA) is 79.6 Å². The monoisotopic (exact) mass is 236 g/mol. The van der Waals surface area contributed by atoms with Gasteiger partial charge in [-0.1, -0.05) is 0 Å². The largest absolute Gasteiger partial charge is 0.481 e. The standard InChI is InChI=1S/C11H12N2O4/c1-12-10(16)7-3-2-6-13(7)8(11(12)17)4-5-9(14)15/h2-3,6,8H,4-5H2,1H3,(H,14,15). The third kappa shape index (κ3) is 1.82. The molecule has 1 aromatic rings. The van der Waals surface area contributed by atoms with Crippen LogP contribution in [0.15, 0.2) is 18.3 Å². The van der Waals surface area contributed by atoms with E-state index in [9.17, 15) is 14.4 Å². The molecule has 1 aromatic heterocycles. The van der Waals surface area contributed by atoms with E-state index in [1.54, 1.807) is 22.9 Å². The first kappa shape index (κ1) is 11.4. The van der Waals surface area contributed by atoms with Crippen LogP contribution in [0, 0.1) is 0 Å². The Bertz CT molecular complexity index is 491. The summed E-state index contributed by atoms with van der Waals surface area (Å²) in [7, 11) is 1.41. The first-order chi connectivity index (χ1) is 8.02. The minimum Gasteiger partial charge on any atom is -0.481 e. The number of likely N-dealkylation sites (N-methyl/N-ethyl adjacent to an activating group) is 1. The van der Waals surface area contributed by atoms with Crippen molar-refractivity contribution in [2.45, 2.75) is 18.9 Å². The van der Waals surface area contributed by atoms with Gasteiger partial charge >= 0.3 is 5.97 Å². The highest BCUT2D eigenvalue weighted by molar-refractivity contribution is 6.07. The van der Waals surface area contributed by atoms with Crippen molar-refractivity contribution in [2.24, 2.45) is 0 Å². The molecule has 0 saturated heterocycles. The van der Waals surface area contributed by atoms with Crippen LogP contribution in [0.3, 0.4) is 0 Å². The average Bonchev–Trinajstić information content (AvgIpc) is 2.74. The molecule has 0 fully saturated rings. The van der Waals surface area contributed by atoms with Crippen molar-refractivity contribution in [1.29, 1.82) is 0 Å². The summed E-state index contributed by atoms with van der Waals surface area (Å²) < 4.78 is 1.55. The maximum absolute atomic E-state index is 11.9. The predicted molar refractivity (Wildman–Crippen MR) is 57.4 cm³/mol. The minimum absolute atomic E-state index is 0.101. The van der Waals surface area contributed by atoms with Crippen LogP contribution < -0.4 is 0 Å². The third-order valence-electron chi connectivity index (χ3n) is 2.89. The number of hydrogen-bond acceptors (Lipinski definition) is 3. The molecular weight excluding hydrogens is 224 g/mol. The number of amides is 2. The SMILES string of the molecule is CN1C(=O)c2cccn2C(CCC(=O)O)C1=O. The van der Waals surface area contributed by atoms with Gasteiger partial charge < -0.3 is 9.67 Å². The number of carbonyl (C=O) groups excluding carboxylic acids is 2. The van der Waals surface area contributed by atoms with Crippen LogP contribution in [-0.2, 0) is 9.59 Å². The fourth-order valence-corrected chi connectivity index (χ4v) is 1.98. The van der Waals surface area contributed by atoms with Crippen LogP contribution in [0.4, 0.5) is 0 Å². The highest BCUT2D eigenvalue weighted by Gasteiger charge is 2.35. The summed E-state index contributed by atoms with van der Waals surface area (Å²) in [5, 5.41) is 8.65. The van der Waals surface area contributed by atoms with E-state index in [0.717, 1.165) is 4.90 Å². The molecule has 0 saturated carbocycles. The molecule has 0 aromatic carbocycles.